The molecule has 0 unspecified atom stereocenters. The minimum Gasteiger partial charge on any atom is -0.448 e. The summed E-state index contributed by atoms with van der Waals surface area (Å²) >= 11 is 0. The maximum Gasteiger partial charge on any atom is 0.273 e. The molecule has 1 aliphatic rings. The van der Waals surface area contributed by atoms with Crippen LogP contribution >= 0.6 is 0 Å². The van der Waals surface area contributed by atoms with Crippen molar-refractivity contribution < 1.29 is 9.21 Å². The number of imidazole rings is 1. The van der Waals surface area contributed by atoms with Crippen molar-refractivity contribution in [3.8, 4) is 0 Å². The Kier molecular flexibility index (Phi) is 3.06. The summed E-state index contributed by atoms with van der Waals surface area (Å²) in [6, 6.07) is 0.121. The number of rotatable bonds is 3. The van der Waals surface area contributed by atoms with E-state index in [2.05, 4.69) is 19.9 Å². The van der Waals surface area contributed by atoms with Crippen LogP contribution in [-0.2, 0) is 19.4 Å². The number of aryl methyl sites for hydroxylation is 2. The number of carbonyl (C=O) groups excluding carboxylic acids is 1. The van der Waals surface area contributed by atoms with E-state index in [1.807, 2.05) is 13.1 Å². The van der Waals surface area contributed by atoms with E-state index in [-0.39, 0.29) is 11.9 Å². The molecule has 19 heavy (non-hydrogen) atoms. The number of amides is 1. The highest BCUT2D eigenvalue weighted by Crippen LogP contribution is 2.14. The Labute approximate surface area is 110 Å². The lowest BCUT2D eigenvalue weighted by atomic mass is 10.1. The van der Waals surface area contributed by atoms with Crippen molar-refractivity contribution in [2.24, 2.45) is 0 Å². The van der Waals surface area contributed by atoms with Crippen LogP contribution in [0.25, 0.3) is 0 Å². The third kappa shape index (κ3) is 2.25. The Bertz CT molecular complexity index is 587. The smallest absolute Gasteiger partial charge is 0.273 e. The number of aromatic nitrogens is 3. The van der Waals surface area contributed by atoms with Gasteiger partial charge in [-0.2, -0.15) is 0 Å². The lowest BCUT2D eigenvalue weighted by molar-refractivity contribution is 0.0921. The fourth-order valence-corrected chi connectivity index (χ4v) is 2.44. The van der Waals surface area contributed by atoms with Gasteiger partial charge in [-0.3, -0.25) is 4.79 Å². The largest absolute Gasteiger partial charge is 0.448 e. The van der Waals surface area contributed by atoms with E-state index in [0.717, 1.165) is 25.2 Å². The van der Waals surface area contributed by atoms with Gasteiger partial charge in [0.25, 0.3) is 5.91 Å². The van der Waals surface area contributed by atoms with Crippen molar-refractivity contribution in [3.63, 3.8) is 0 Å². The molecule has 3 rings (SSSR count). The highest BCUT2D eigenvalue weighted by atomic mass is 16.3. The molecule has 0 saturated carbocycles. The Morgan fingerprint density at radius 2 is 2.47 bits per heavy atom. The van der Waals surface area contributed by atoms with Crippen LogP contribution in [0.2, 0.25) is 0 Å². The molecule has 3 heterocycles. The van der Waals surface area contributed by atoms with E-state index in [0.29, 0.717) is 17.9 Å². The quantitative estimate of drug-likeness (QED) is 0.899. The summed E-state index contributed by atoms with van der Waals surface area (Å²) in [4.78, 5) is 20.4. The second-order valence-corrected chi connectivity index (χ2v) is 4.68. The summed E-state index contributed by atoms with van der Waals surface area (Å²) in [6.07, 6.45) is 7.52. The van der Waals surface area contributed by atoms with Crippen molar-refractivity contribution in [2.75, 3.05) is 0 Å². The topological polar surface area (TPSA) is 73.0 Å². The third-order valence-corrected chi connectivity index (χ3v) is 3.45. The van der Waals surface area contributed by atoms with Gasteiger partial charge < -0.3 is 14.3 Å². The predicted molar refractivity (Wildman–Crippen MR) is 67.7 cm³/mol. The van der Waals surface area contributed by atoms with E-state index in [1.165, 1.54) is 6.39 Å². The van der Waals surface area contributed by atoms with Crippen LogP contribution < -0.4 is 5.32 Å². The number of carbonyl (C=O) groups is 1. The van der Waals surface area contributed by atoms with Gasteiger partial charge in [0.1, 0.15) is 11.6 Å². The molecule has 2 aromatic heterocycles. The Hall–Kier alpha value is -2.11. The lowest BCUT2D eigenvalue weighted by Crippen LogP contribution is -2.41. The molecule has 0 aromatic carbocycles. The molecule has 0 radical (unpaired) electrons. The average molecular weight is 260 g/mol. The van der Waals surface area contributed by atoms with E-state index in [1.54, 1.807) is 6.20 Å². The van der Waals surface area contributed by atoms with Gasteiger partial charge in [-0.1, -0.05) is 6.92 Å². The lowest BCUT2D eigenvalue weighted by Gasteiger charge is -2.24. The van der Waals surface area contributed by atoms with Crippen LogP contribution in [0.4, 0.5) is 0 Å². The van der Waals surface area contributed by atoms with Gasteiger partial charge in [0, 0.05) is 37.8 Å². The molecular weight excluding hydrogens is 244 g/mol. The molecule has 0 aliphatic carbocycles. The molecule has 0 saturated heterocycles. The molecule has 6 heteroatoms. The maximum atomic E-state index is 12.1. The Balaban J connectivity index is 1.68. The number of fused-ring (bicyclic) bond motifs is 1. The van der Waals surface area contributed by atoms with E-state index in [4.69, 9.17) is 4.42 Å². The molecule has 1 aliphatic heterocycles. The first kappa shape index (κ1) is 12.0. The second-order valence-electron chi connectivity index (χ2n) is 4.68. The highest BCUT2D eigenvalue weighted by molar-refractivity contribution is 5.93. The molecule has 100 valence electrons. The summed E-state index contributed by atoms with van der Waals surface area (Å²) in [5.74, 6) is 1.57. The molecule has 0 bridgehead atoms. The number of hydrogen-bond acceptors (Lipinski definition) is 4. The van der Waals surface area contributed by atoms with Crippen LogP contribution in [0.1, 0.15) is 35.4 Å². The number of oxazole rings is 1. The van der Waals surface area contributed by atoms with Gasteiger partial charge in [0.15, 0.2) is 12.1 Å². The highest BCUT2D eigenvalue weighted by Gasteiger charge is 2.23. The summed E-state index contributed by atoms with van der Waals surface area (Å²) < 4.78 is 7.26. The Morgan fingerprint density at radius 1 is 1.58 bits per heavy atom. The minimum atomic E-state index is -0.154. The third-order valence-electron chi connectivity index (χ3n) is 3.45. The SMILES string of the molecule is CCc1ocnc1C(=O)N[C@@H]1CCc2nccn2C1. The van der Waals surface area contributed by atoms with Crippen molar-refractivity contribution in [3.05, 3.63) is 36.1 Å². The molecule has 1 amide bonds. The molecule has 2 aromatic rings. The summed E-state index contributed by atoms with van der Waals surface area (Å²) in [6.45, 7) is 2.70. The first-order chi connectivity index (χ1) is 9.28. The van der Waals surface area contributed by atoms with Crippen LogP contribution in [0.15, 0.2) is 23.2 Å². The zero-order valence-corrected chi connectivity index (χ0v) is 10.8. The number of hydrogen-bond donors (Lipinski definition) is 1. The standard InChI is InChI=1S/C13H16N4O2/c1-2-10-12(15-8-19-10)13(18)16-9-3-4-11-14-5-6-17(11)7-9/h5-6,8-9H,2-4,7H2,1H3,(H,16,18)/t9-/m1/s1. The van der Waals surface area contributed by atoms with Gasteiger partial charge in [-0.25, -0.2) is 9.97 Å². The van der Waals surface area contributed by atoms with E-state index in [9.17, 15) is 4.79 Å². The average Bonchev–Trinajstić information content (AvgIpc) is 3.06. The molecule has 1 N–H and O–H groups in total. The van der Waals surface area contributed by atoms with Crippen LogP contribution in [0, 0.1) is 0 Å². The predicted octanol–water partition coefficient (Wildman–Crippen LogP) is 1.18. The summed E-state index contributed by atoms with van der Waals surface area (Å²) in [7, 11) is 0. The van der Waals surface area contributed by atoms with Gasteiger partial charge in [0.05, 0.1) is 0 Å². The van der Waals surface area contributed by atoms with Gasteiger partial charge in [-0.05, 0) is 6.42 Å². The monoisotopic (exact) mass is 260 g/mol. The van der Waals surface area contributed by atoms with Gasteiger partial charge in [-0.15, -0.1) is 0 Å². The second kappa shape index (κ2) is 4.87. The first-order valence-corrected chi connectivity index (χ1v) is 6.51. The van der Waals surface area contributed by atoms with E-state index >= 15 is 0 Å². The van der Waals surface area contributed by atoms with Crippen LogP contribution in [0.5, 0.6) is 0 Å². The fourth-order valence-electron chi connectivity index (χ4n) is 2.44. The van der Waals surface area contributed by atoms with Gasteiger partial charge >= 0.3 is 0 Å². The van der Waals surface area contributed by atoms with Crippen molar-refractivity contribution in [2.45, 2.75) is 38.8 Å². The van der Waals surface area contributed by atoms with Crippen molar-refractivity contribution in [1.82, 2.24) is 19.9 Å². The summed E-state index contributed by atoms with van der Waals surface area (Å²) in [5, 5.41) is 3.02. The summed E-state index contributed by atoms with van der Waals surface area (Å²) in [5.41, 5.74) is 0.402. The van der Waals surface area contributed by atoms with Crippen LogP contribution in [0.3, 0.4) is 0 Å². The fraction of sp³-hybridized carbons (Fsp3) is 0.462. The first-order valence-electron chi connectivity index (χ1n) is 6.51. The molecule has 1 atom stereocenters. The van der Waals surface area contributed by atoms with Gasteiger partial charge in [0.2, 0.25) is 0 Å². The molecule has 0 fully saturated rings. The van der Waals surface area contributed by atoms with Crippen LogP contribution in [-0.4, -0.2) is 26.5 Å². The minimum absolute atomic E-state index is 0.121. The number of nitrogens with one attached hydrogen (secondary N) is 1. The zero-order valence-electron chi connectivity index (χ0n) is 10.8. The number of nitrogens with zero attached hydrogens (tertiary/aromatic N) is 3. The normalized spacial score (nSPS) is 18.1. The van der Waals surface area contributed by atoms with E-state index < -0.39 is 0 Å². The van der Waals surface area contributed by atoms with Crippen molar-refractivity contribution in [1.29, 1.82) is 0 Å². The Morgan fingerprint density at radius 3 is 3.32 bits per heavy atom. The molecule has 0 spiro atoms. The maximum absolute atomic E-state index is 12.1. The van der Waals surface area contributed by atoms with Crippen molar-refractivity contribution >= 4 is 5.91 Å². The molecule has 6 nitrogen and oxygen atoms in total. The molecular formula is C13H16N4O2. The zero-order chi connectivity index (χ0) is 13.2.